The molecule has 3 atom stereocenters. The van der Waals surface area contributed by atoms with Crippen molar-refractivity contribution in [3.05, 3.63) is 10.8 Å². The molecule has 0 aromatic rings. The third kappa shape index (κ3) is 7.23. The van der Waals surface area contributed by atoms with Gasteiger partial charge in [-0.15, -0.1) is 11.6 Å². The number of alkyl halides is 2. The van der Waals surface area contributed by atoms with Gasteiger partial charge in [0.1, 0.15) is 10.8 Å². The minimum Gasteiger partial charge on any atom is -0.409 e. The second kappa shape index (κ2) is 8.04. The van der Waals surface area contributed by atoms with Crippen molar-refractivity contribution < 1.29 is 18.1 Å². The van der Waals surface area contributed by atoms with Crippen LogP contribution < -0.4 is 0 Å². The van der Waals surface area contributed by atoms with Gasteiger partial charge in [0.05, 0.1) is 12.0 Å². The third-order valence-corrected chi connectivity index (χ3v) is 3.70. The molecule has 0 spiro atoms. The minimum absolute atomic E-state index is 0.102. The van der Waals surface area contributed by atoms with Crippen LogP contribution in [0.3, 0.4) is 0 Å². The minimum atomic E-state index is -3.84. The van der Waals surface area contributed by atoms with Gasteiger partial charge in [0.15, 0.2) is 5.56 Å². The molecule has 0 aliphatic rings. The summed E-state index contributed by atoms with van der Waals surface area (Å²) in [5.41, 5.74) is -1.03. The summed E-state index contributed by atoms with van der Waals surface area (Å²) < 4.78 is 26.0. The van der Waals surface area contributed by atoms with E-state index in [1.807, 2.05) is 0 Å². The van der Waals surface area contributed by atoms with Crippen LogP contribution in [0.25, 0.3) is 0 Å². The maximum absolute atomic E-state index is 11.9. The largest absolute Gasteiger partial charge is 0.531 e. The van der Waals surface area contributed by atoms with Gasteiger partial charge in [-0.3, -0.25) is 9.05 Å². The Kier molecular flexibility index (Phi) is 8.47. The molecule has 0 bridgehead atoms. The van der Waals surface area contributed by atoms with Gasteiger partial charge in [0.25, 0.3) is 0 Å². The molecule has 0 rings (SSSR count). The molecule has 0 aromatic carbocycles. The quantitative estimate of drug-likeness (QED) is 0.387. The SMILES string of the molecule is CCOP(=O)(OC=C(Cl)Cl)OC(Cl)C(C)Cl. The zero-order valence-electron chi connectivity index (χ0n) is 8.53. The first-order valence-corrected chi connectivity index (χ1v) is 7.30. The number of phosphoric acid groups is 1. The van der Waals surface area contributed by atoms with E-state index in [1.54, 1.807) is 13.8 Å². The molecule has 16 heavy (non-hydrogen) atoms. The maximum atomic E-state index is 11.9. The van der Waals surface area contributed by atoms with E-state index in [2.05, 4.69) is 0 Å². The Morgan fingerprint density at radius 2 is 2.00 bits per heavy atom. The summed E-state index contributed by atoms with van der Waals surface area (Å²) in [6, 6.07) is 0. The lowest BCUT2D eigenvalue weighted by Crippen LogP contribution is -2.15. The summed E-state index contributed by atoms with van der Waals surface area (Å²) in [5.74, 6) is 0. The van der Waals surface area contributed by atoms with Crippen molar-refractivity contribution in [3.63, 3.8) is 0 Å². The predicted octanol–water partition coefficient (Wildman–Crippen LogP) is 4.63. The second-order valence-corrected chi connectivity index (χ2v) is 6.21. The lowest BCUT2D eigenvalue weighted by molar-refractivity contribution is 0.135. The van der Waals surface area contributed by atoms with Gasteiger partial charge in [-0.1, -0.05) is 34.8 Å². The predicted molar refractivity (Wildman–Crippen MR) is 66.1 cm³/mol. The molecular formula is C7H11Cl4O4P. The van der Waals surface area contributed by atoms with Crippen LogP contribution in [0.4, 0.5) is 0 Å². The van der Waals surface area contributed by atoms with Crippen LogP contribution in [-0.2, 0) is 18.1 Å². The monoisotopic (exact) mass is 330 g/mol. The average Bonchev–Trinajstić information content (AvgIpc) is 2.15. The molecule has 4 nitrogen and oxygen atoms in total. The van der Waals surface area contributed by atoms with Crippen LogP contribution in [0.1, 0.15) is 13.8 Å². The molecule has 0 radical (unpaired) electrons. The van der Waals surface area contributed by atoms with E-state index in [0.717, 1.165) is 6.26 Å². The van der Waals surface area contributed by atoms with E-state index in [-0.39, 0.29) is 11.1 Å². The Labute approximate surface area is 114 Å². The van der Waals surface area contributed by atoms with Crippen LogP contribution in [-0.4, -0.2) is 17.5 Å². The van der Waals surface area contributed by atoms with Crippen molar-refractivity contribution >= 4 is 54.2 Å². The van der Waals surface area contributed by atoms with E-state index < -0.39 is 18.8 Å². The highest BCUT2D eigenvalue weighted by Gasteiger charge is 2.32. The molecular weight excluding hydrogens is 321 g/mol. The summed E-state index contributed by atoms with van der Waals surface area (Å²) in [6.45, 7) is 3.28. The summed E-state index contributed by atoms with van der Waals surface area (Å²) in [5, 5.41) is -0.575. The Morgan fingerprint density at radius 1 is 1.44 bits per heavy atom. The summed E-state index contributed by atoms with van der Waals surface area (Å²) in [4.78, 5) is 0. The van der Waals surface area contributed by atoms with Crippen LogP contribution in [0.5, 0.6) is 0 Å². The van der Waals surface area contributed by atoms with Crippen molar-refractivity contribution in [1.29, 1.82) is 0 Å². The van der Waals surface area contributed by atoms with Crippen LogP contribution in [0.15, 0.2) is 10.8 Å². The molecule has 0 heterocycles. The van der Waals surface area contributed by atoms with Gasteiger partial charge in [-0.05, 0) is 13.8 Å². The fourth-order valence-corrected chi connectivity index (χ4v) is 2.34. The highest BCUT2D eigenvalue weighted by molar-refractivity contribution is 7.48. The van der Waals surface area contributed by atoms with E-state index in [4.69, 9.17) is 60.0 Å². The molecule has 0 fully saturated rings. The first-order valence-electron chi connectivity index (χ1n) is 4.21. The number of hydrogen-bond acceptors (Lipinski definition) is 4. The van der Waals surface area contributed by atoms with Gasteiger partial charge in [-0.25, -0.2) is 4.57 Å². The van der Waals surface area contributed by atoms with Crippen LogP contribution in [0.2, 0.25) is 0 Å². The highest BCUT2D eigenvalue weighted by atomic mass is 35.5. The zero-order valence-corrected chi connectivity index (χ0v) is 12.4. The summed E-state index contributed by atoms with van der Waals surface area (Å²) >= 11 is 21.9. The Balaban J connectivity index is 4.56. The number of halogens is 4. The molecule has 0 saturated heterocycles. The fourth-order valence-electron chi connectivity index (χ4n) is 0.555. The average molecular weight is 332 g/mol. The van der Waals surface area contributed by atoms with Gasteiger partial charge >= 0.3 is 7.82 Å². The lowest BCUT2D eigenvalue weighted by atomic mass is 10.5. The third-order valence-electron chi connectivity index (χ3n) is 1.15. The molecule has 3 unspecified atom stereocenters. The molecule has 0 saturated carbocycles. The van der Waals surface area contributed by atoms with Crippen LogP contribution in [0, 0.1) is 0 Å². The van der Waals surface area contributed by atoms with Gasteiger partial charge < -0.3 is 4.52 Å². The normalized spacial score (nSPS) is 18.4. The Hall–Kier alpha value is 0.850. The first kappa shape index (κ1) is 16.9. The molecule has 96 valence electrons. The molecule has 0 amide bonds. The standard InChI is InChI=1S/C7H11Cl4O4P/c1-3-13-16(12,14-4-6(9)10)15-7(11)5(2)8/h4-5,7H,3H2,1-2H3. The molecule has 9 heteroatoms. The van der Waals surface area contributed by atoms with E-state index >= 15 is 0 Å². The number of hydrogen-bond donors (Lipinski definition) is 0. The van der Waals surface area contributed by atoms with Crippen molar-refractivity contribution in [2.45, 2.75) is 24.8 Å². The molecule has 0 aliphatic carbocycles. The zero-order chi connectivity index (χ0) is 12.8. The highest BCUT2D eigenvalue weighted by Crippen LogP contribution is 2.52. The summed E-state index contributed by atoms with van der Waals surface area (Å²) in [7, 11) is -3.84. The lowest BCUT2D eigenvalue weighted by Gasteiger charge is -2.19. The van der Waals surface area contributed by atoms with E-state index in [0.29, 0.717) is 0 Å². The maximum Gasteiger partial charge on any atom is 0.531 e. The smallest absolute Gasteiger partial charge is 0.409 e. The number of phosphoric ester groups is 1. The van der Waals surface area contributed by atoms with Crippen molar-refractivity contribution in [2.24, 2.45) is 0 Å². The van der Waals surface area contributed by atoms with Crippen molar-refractivity contribution in [3.8, 4) is 0 Å². The topological polar surface area (TPSA) is 44.8 Å². The van der Waals surface area contributed by atoms with Crippen molar-refractivity contribution in [1.82, 2.24) is 0 Å². The molecule has 0 aromatic heterocycles. The second-order valence-electron chi connectivity index (χ2n) is 2.51. The fraction of sp³-hybridized carbons (Fsp3) is 0.714. The van der Waals surface area contributed by atoms with Crippen molar-refractivity contribution in [2.75, 3.05) is 6.61 Å². The van der Waals surface area contributed by atoms with Gasteiger partial charge in [0.2, 0.25) is 0 Å². The van der Waals surface area contributed by atoms with Crippen LogP contribution >= 0.6 is 54.2 Å². The molecule has 0 N–H and O–H groups in total. The van der Waals surface area contributed by atoms with Gasteiger partial charge in [0, 0.05) is 0 Å². The summed E-state index contributed by atoms with van der Waals surface area (Å²) in [6.07, 6.45) is 0.835. The Morgan fingerprint density at radius 3 is 2.38 bits per heavy atom. The molecule has 0 aliphatic heterocycles. The van der Waals surface area contributed by atoms with E-state index in [9.17, 15) is 4.57 Å². The first-order chi connectivity index (χ1) is 7.30. The van der Waals surface area contributed by atoms with E-state index in [1.165, 1.54) is 0 Å². The number of rotatable bonds is 7. The van der Waals surface area contributed by atoms with Gasteiger partial charge in [-0.2, -0.15) is 0 Å². The Bertz CT molecular complexity index is 280.